The lowest BCUT2D eigenvalue weighted by atomic mass is 9.84. The largest absolute Gasteiger partial charge is 0.456 e. The van der Waals surface area contributed by atoms with Gasteiger partial charge in [0.25, 0.3) is 0 Å². The zero-order valence-corrected chi connectivity index (χ0v) is 16.9. The Morgan fingerprint density at radius 3 is 1.50 bits per heavy atom. The minimum atomic E-state index is -0.257. The zero-order valence-electron chi connectivity index (χ0n) is 16.9. The molecule has 0 spiro atoms. The van der Waals surface area contributed by atoms with Crippen LogP contribution in [0.1, 0.15) is 118 Å². The molecule has 0 aromatic heterocycles. The molecule has 0 aliphatic rings. The second-order valence-corrected chi connectivity index (χ2v) is 7.43. The van der Waals surface area contributed by atoms with E-state index in [4.69, 9.17) is 4.74 Å². The summed E-state index contributed by atoms with van der Waals surface area (Å²) in [6.45, 7) is 12.2. The van der Waals surface area contributed by atoms with E-state index in [1.807, 2.05) is 0 Å². The standard InChI is InChI=1S/C22H42O2/c1-6-9-12-15-18-22(17-14-11-8-3,19-16-13-10-7-2)24-21(23)20(4)5/h4,6-19H2,1-3,5H3. The molecule has 0 aromatic rings. The third-order valence-corrected chi connectivity index (χ3v) is 4.87. The van der Waals surface area contributed by atoms with Gasteiger partial charge in [0.05, 0.1) is 0 Å². The van der Waals surface area contributed by atoms with Crippen molar-refractivity contribution in [3.63, 3.8) is 0 Å². The van der Waals surface area contributed by atoms with Crippen LogP contribution in [0.4, 0.5) is 0 Å². The van der Waals surface area contributed by atoms with Crippen LogP contribution >= 0.6 is 0 Å². The van der Waals surface area contributed by atoms with E-state index in [-0.39, 0.29) is 11.6 Å². The van der Waals surface area contributed by atoms with Crippen molar-refractivity contribution >= 4 is 5.97 Å². The lowest BCUT2D eigenvalue weighted by Gasteiger charge is -2.34. The number of rotatable bonds is 16. The highest BCUT2D eigenvalue weighted by molar-refractivity contribution is 5.87. The van der Waals surface area contributed by atoms with Gasteiger partial charge in [-0.1, -0.05) is 78.7 Å². The van der Waals surface area contributed by atoms with Crippen LogP contribution in [0.25, 0.3) is 0 Å². The maximum Gasteiger partial charge on any atom is 0.333 e. The average molecular weight is 339 g/mol. The summed E-state index contributed by atoms with van der Waals surface area (Å²) in [5.74, 6) is -0.197. The van der Waals surface area contributed by atoms with Crippen LogP contribution in [-0.4, -0.2) is 11.6 Å². The van der Waals surface area contributed by atoms with E-state index in [2.05, 4.69) is 27.4 Å². The van der Waals surface area contributed by atoms with Gasteiger partial charge in [-0.15, -0.1) is 0 Å². The predicted octanol–water partition coefficient (Wildman–Crippen LogP) is 7.37. The molecule has 0 saturated carbocycles. The molecule has 2 nitrogen and oxygen atoms in total. The summed E-state index contributed by atoms with van der Waals surface area (Å²) in [6, 6.07) is 0. The fourth-order valence-electron chi connectivity index (χ4n) is 3.26. The molecular formula is C22H42O2. The van der Waals surface area contributed by atoms with E-state index in [1.54, 1.807) is 6.92 Å². The highest BCUT2D eigenvalue weighted by atomic mass is 16.6. The summed E-state index contributed by atoms with van der Waals surface area (Å²) in [5, 5.41) is 0. The minimum absolute atomic E-state index is 0.197. The zero-order chi connectivity index (χ0) is 18.3. The van der Waals surface area contributed by atoms with Crippen molar-refractivity contribution in [2.24, 2.45) is 0 Å². The lowest BCUT2D eigenvalue weighted by molar-refractivity contribution is -0.158. The fourth-order valence-corrected chi connectivity index (χ4v) is 3.26. The molecule has 0 rings (SSSR count). The maximum atomic E-state index is 12.2. The van der Waals surface area contributed by atoms with E-state index < -0.39 is 0 Å². The molecule has 0 bridgehead atoms. The molecule has 2 heteroatoms. The second-order valence-electron chi connectivity index (χ2n) is 7.43. The molecular weight excluding hydrogens is 296 g/mol. The summed E-state index contributed by atoms with van der Waals surface area (Å²) in [5.41, 5.74) is 0.268. The van der Waals surface area contributed by atoms with Crippen LogP contribution in [0.15, 0.2) is 12.2 Å². The van der Waals surface area contributed by atoms with Crippen molar-refractivity contribution in [3.05, 3.63) is 12.2 Å². The summed E-state index contributed by atoms with van der Waals surface area (Å²) in [7, 11) is 0. The highest BCUT2D eigenvalue weighted by Crippen LogP contribution is 2.33. The van der Waals surface area contributed by atoms with Gasteiger partial charge in [-0.05, 0) is 45.4 Å². The van der Waals surface area contributed by atoms with Crippen molar-refractivity contribution in [3.8, 4) is 0 Å². The number of esters is 1. The van der Waals surface area contributed by atoms with E-state index >= 15 is 0 Å². The molecule has 0 N–H and O–H groups in total. The molecule has 0 unspecified atom stereocenters. The molecule has 0 heterocycles. The third kappa shape index (κ3) is 10.9. The fraction of sp³-hybridized carbons (Fsp3) is 0.864. The second kappa shape index (κ2) is 14.5. The Labute approximate surface area is 151 Å². The van der Waals surface area contributed by atoms with Gasteiger partial charge in [0.15, 0.2) is 0 Å². The molecule has 0 saturated heterocycles. The normalized spacial score (nSPS) is 11.5. The molecule has 0 aliphatic heterocycles. The first-order chi connectivity index (χ1) is 11.5. The molecule has 0 radical (unpaired) electrons. The first-order valence-electron chi connectivity index (χ1n) is 10.4. The van der Waals surface area contributed by atoms with E-state index in [0.29, 0.717) is 5.57 Å². The van der Waals surface area contributed by atoms with Gasteiger partial charge >= 0.3 is 5.97 Å². The lowest BCUT2D eigenvalue weighted by Crippen LogP contribution is -2.35. The van der Waals surface area contributed by atoms with Crippen LogP contribution in [-0.2, 0) is 9.53 Å². The van der Waals surface area contributed by atoms with Crippen molar-refractivity contribution in [2.75, 3.05) is 0 Å². The first-order valence-corrected chi connectivity index (χ1v) is 10.4. The smallest absolute Gasteiger partial charge is 0.333 e. The SMILES string of the molecule is C=C(C)C(=O)OC(CCCCC)(CCCCCC)CCCCCC. The van der Waals surface area contributed by atoms with Crippen LogP contribution in [0.3, 0.4) is 0 Å². The van der Waals surface area contributed by atoms with Crippen LogP contribution in [0.2, 0.25) is 0 Å². The Balaban J connectivity index is 4.90. The number of ether oxygens (including phenoxy) is 1. The van der Waals surface area contributed by atoms with Crippen molar-refractivity contribution in [1.29, 1.82) is 0 Å². The quantitative estimate of drug-likeness (QED) is 0.167. The summed E-state index contributed by atoms with van der Waals surface area (Å²) in [4.78, 5) is 12.2. The monoisotopic (exact) mass is 338 g/mol. The predicted molar refractivity (Wildman–Crippen MR) is 105 cm³/mol. The topological polar surface area (TPSA) is 26.3 Å². The number of unbranched alkanes of at least 4 members (excludes halogenated alkanes) is 8. The highest BCUT2D eigenvalue weighted by Gasteiger charge is 2.33. The number of carbonyl (C=O) groups is 1. The Hall–Kier alpha value is -0.790. The number of hydrogen-bond acceptors (Lipinski definition) is 2. The molecule has 0 aliphatic carbocycles. The first kappa shape index (κ1) is 23.2. The summed E-state index contributed by atoms with van der Waals surface area (Å²) in [6.07, 6.45) is 16.5. The summed E-state index contributed by atoms with van der Waals surface area (Å²) < 4.78 is 6.07. The van der Waals surface area contributed by atoms with Crippen molar-refractivity contribution in [1.82, 2.24) is 0 Å². The van der Waals surface area contributed by atoms with E-state index in [0.717, 1.165) is 38.5 Å². The van der Waals surface area contributed by atoms with E-state index in [1.165, 1.54) is 51.4 Å². The molecule has 142 valence electrons. The summed E-state index contributed by atoms with van der Waals surface area (Å²) >= 11 is 0. The number of hydrogen-bond donors (Lipinski definition) is 0. The minimum Gasteiger partial charge on any atom is -0.456 e. The van der Waals surface area contributed by atoms with Gasteiger partial charge in [0.2, 0.25) is 0 Å². The van der Waals surface area contributed by atoms with Gasteiger partial charge in [-0.25, -0.2) is 4.79 Å². The maximum absolute atomic E-state index is 12.2. The third-order valence-electron chi connectivity index (χ3n) is 4.87. The Bertz CT molecular complexity index is 321. The van der Waals surface area contributed by atoms with Crippen LogP contribution in [0.5, 0.6) is 0 Å². The van der Waals surface area contributed by atoms with Gasteiger partial charge < -0.3 is 4.74 Å². The number of carbonyl (C=O) groups excluding carboxylic acids is 1. The van der Waals surface area contributed by atoms with Gasteiger partial charge in [0, 0.05) is 5.57 Å². The van der Waals surface area contributed by atoms with Crippen LogP contribution < -0.4 is 0 Å². The Morgan fingerprint density at radius 2 is 1.12 bits per heavy atom. The van der Waals surface area contributed by atoms with Crippen molar-refractivity contribution < 1.29 is 9.53 Å². The molecule has 0 atom stereocenters. The molecule has 0 fully saturated rings. The molecule has 0 amide bonds. The van der Waals surface area contributed by atoms with Crippen LogP contribution in [0, 0.1) is 0 Å². The molecule has 0 aromatic carbocycles. The average Bonchev–Trinajstić information content (AvgIpc) is 2.56. The Morgan fingerprint density at radius 1 is 0.750 bits per heavy atom. The molecule has 24 heavy (non-hydrogen) atoms. The van der Waals surface area contributed by atoms with Gasteiger partial charge in [0.1, 0.15) is 5.60 Å². The van der Waals surface area contributed by atoms with Gasteiger partial charge in [-0.2, -0.15) is 0 Å². The van der Waals surface area contributed by atoms with Crippen molar-refractivity contribution in [2.45, 2.75) is 123 Å². The van der Waals surface area contributed by atoms with Gasteiger partial charge in [-0.3, -0.25) is 0 Å². The Kier molecular flexibility index (Phi) is 14.1. The van der Waals surface area contributed by atoms with E-state index in [9.17, 15) is 4.79 Å².